The lowest BCUT2D eigenvalue weighted by molar-refractivity contribution is -0.142. The molecule has 1 aliphatic rings. The minimum Gasteiger partial charge on any atom is -0.355 e. The molecule has 0 saturated carbocycles. The second-order valence-corrected chi connectivity index (χ2v) is 19.0. The van der Waals surface area contributed by atoms with Gasteiger partial charge in [0.05, 0.1) is 28.9 Å². The maximum Gasteiger partial charge on any atom is 0.246 e. The highest BCUT2D eigenvalue weighted by Gasteiger charge is 2.41. The molecule has 5 N–H and O–H groups in total. The highest BCUT2D eigenvalue weighted by molar-refractivity contribution is 7.90. The monoisotopic (exact) mass is 839 g/mol. The summed E-state index contributed by atoms with van der Waals surface area (Å²) in [4.78, 5) is 55.7. The van der Waals surface area contributed by atoms with Crippen LogP contribution in [0.3, 0.4) is 0 Å². The van der Waals surface area contributed by atoms with Crippen LogP contribution in [0.2, 0.25) is 0 Å². The zero-order chi connectivity index (χ0) is 42.5. The third-order valence-electron chi connectivity index (χ3n) is 10.0. The van der Waals surface area contributed by atoms with Gasteiger partial charge >= 0.3 is 0 Å². The average molecular weight is 840 g/mol. The van der Waals surface area contributed by atoms with Crippen LogP contribution in [-0.4, -0.2) is 115 Å². The first-order chi connectivity index (χ1) is 27.4. The topological polar surface area (TPSA) is 203 Å². The van der Waals surface area contributed by atoms with Gasteiger partial charge in [0, 0.05) is 32.2 Å². The van der Waals surface area contributed by atoms with Crippen molar-refractivity contribution in [3.05, 3.63) is 96.1 Å². The van der Waals surface area contributed by atoms with E-state index in [2.05, 4.69) is 25.4 Å². The van der Waals surface area contributed by atoms with Gasteiger partial charge in [-0.25, -0.2) is 26.3 Å². The Morgan fingerprint density at radius 1 is 0.810 bits per heavy atom. The summed E-state index contributed by atoms with van der Waals surface area (Å²) in [6.07, 6.45) is 2.33. The molecule has 316 valence electrons. The lowest BCUT2D eigenvalue weighted by Crippen LogP contribution is -2.59. The van der Waals surface area contributed by atoms with E-state index >= 15 is 0 Å². The molecule has 4 amide bonds. The van der Waals surface area contributed by atoms with Crippen molar-refractivity contribution in [2.45, 2.75) is 81.3 Å². The maximum atomic E-state index is 14.1. The van der Waals surface area contributed by atoms with E-state index in [4.69, 9.17) is 0 Å². The molecule has 0 aromatic heterocycles. The second-order valence-electron chi connectivity index (χ2n) is 15.4. The summed E-state index contributed by atoms with van der Waals surface area (Å²) >= 11 is 0. The summed E-state index contributed by atoms with van der Waals surface area (Å²) in [6.45, 7) is 7.27. The van der Waals surface area contributed by atoms with Crippen LogP contribution in [0.5, 0.6) is 0 Å². The molecule has 17 heteroatoms. The Kier molecular flexibility index (Phi) is 16.5. The molecule has 3 atom stereocenters. The normalized spacial score (nSPS) is 15.7. The number of sulfonamides is 2. The van der Waals surface area contributed by atoms with Crippen LogP contribution in [0.25, 0.3) is 0 Å². The standard InChI is InChI=1S/C41H57N7O8S2/c1-30(42-5)39(51)46-38(41(2,3)4)40(52)48-24-13-18-33(48)29-47(25-22-32-16-10-7-11-17-32)37(50)28-45-58(55,56)35-20-12-19-34(26-35)57(53,54)44-27-36(49)43-23-21-31-14-8-6-9-15-31/h6-12,14-17,19-20,26,30,33,38,42,44-45H,13,18,21-25,27-29H2,1-5H3,(H,43,49)(H,46,51)/t30-,33-,38+/m0/s1. The average Bonchev–Trinajstić information content (AvgIpc) is 3.68. The van der Waals surface area contributed by atoms with Gasteiger partial charge in [-0.2, -0.15) is 0 Å². The lowest BCUT2D eigenvalue weighted by Gasteiger charge is -2.37. The molecule has 1 fully saturated rings. The number of rotatable bonds is 20. The Bertz CT molecular complexity index is 2080. The number of amides is 4. The van der Waals surface area contributed by atoms with E-state index in [1.54, 1.807) is 18.9 Å². The van der Waals surface area contributed by atoms with E-state index in [9.17, 15) is 36.0 Å². The van der Waals surface area contributed by atoms with Crippen LogP contribution in [-0.2, 0) is 52.1 Å². The molecule has 0 bridgehead atoms. The van der Waals surface area contributed by atoms with E-state index in [-0.39, 0.29) is 40.7 Å². The van der Waals surface area contributed by atoms with Crippen molar-refractivity contribution in [1.82, 2.24) is 35.2 Å². The zero-order valence-electron chi connectivity index (χ0n) is 33.9. The summed E-state index contributed by atoms with van der Waals surface area (Å²) in [5.74, 6) is -1.65. The minimum absolute atomic E-state index is 0.135. The molecule has 0 aliphatic carbocycles. The van der Waals surface area contributed by atoms with Crippen molar-refractivity contribution in [2.75, 3.05) is 46.3 Å². The Balaban J connectivity index is 1.43. The summed E-state index contributed by atoms with van der Waals surface area (Å²) in [7, 11) is -7.01. The predicted molar refractivity (Wildman–Crippen MR) is 221 cm³/mol. The minimum atomic E-state index is -4.39. The molecule has 1 saturated heterocycles. The molecule has 1 aliphatic heterocycles. The van der Waals surface area contributed by atoms with Gasteiger partial charge in [0.1, 0.15) is 6.04 Å². The number of likely N-dealkylation sites (tertiary alicyclic amines) is 1. The van der Waals surface area contributed by atoms with Crippen molar-refractivity contribution in [3.63, 3.8) is 0 Å². The van der Waals surface area contributed by atoms with Crippen LogP contribution in [0.1, 0.15) is 51.7 Å². The van der Waals surface area contributed by atoms with Crippen molar-refractivity contribution < 1.29 is 36.0 Å². The summed E-state index contributed by atoms with van der Waals surface area (Å²) in [5, 5.41) is 8.46. The van der Waals surface area contributed by atoms with Crippen LogP contribution in [0.15, 0.2) is 94.7 Å². The van der Waals surface area contributed by atoms with Gasteiger partial charge in [-0.1, -0.05) is 87.5 Å². The largest absolute Gasteiger partial charge is 0.355 e. The van der Waals surface area contributed by atoms with Gasteiger partial charge in [0.2, 0.25) is 43.7 Å². The lowest BCUT2D eigenvalue weighted by atomic mass is 9.85. The third kappa shape index (κ3) is 13.4. The first-order valence-electron chi connectivity index (χ1n) is 19.4. The fourth-order valence-electron chi connectivity index (χ4n) is 6.47. The molecule has 3 aromatic carbocycles. The van der Waals surface area contributed by atoms with Crippen LogP contribution in [0, 0.1) is 5.41 Å². The van der Waals surface area contributed by atoms with Gasteiger partial charge in [0.15, 0.2) is 0 Å². The highest BCUT2D eigenvalue weighted by Crippen LogP contribution is 2.27. The zero-order valence-corrected chi connectivity index (χ0v) is 35.5. The SMILES string of the molecule is CN[C@@H](C)C(=O)N[C@H](C(=O)N1CCC[C@H]1CN(CCc1ccccc1)C(=O)CNS(=O)(=O)c1cccc(S(=O)(=O)NCC(=O)NCCc2ccccc2)c1)C(C)(C)C. The Morgan fingerprint density at radius 3 is 1.95 bits per heavy atom. The fraction of sp³-hybridized carbons (Fsp3) is 0.463. The summed E-state index contributed by atoms with van der Waals surface area (Å²) < 4.78 is 57.6. The van der Waals surface area contributed by atoms with Crippen molar-refractivity contribution in [1.29, 1.82) is 0 Å². The quantitative estimate of drug-likeness (QED) is 0.113. The van der Waals surface area contributed by atoms with Crippen LogP contribution < -0.4 is 25.4 Å². The van der Waals surface area contributed by atoms with E-state index in [1.807, 2.05) is 81.4 Å². The number of hydrogen-bond donors (Lipinski definition) is 5. The molecule has 15 nitrogen and oxygen atoms in total. The van der Waals surface area contributed by atoms with Crippen molar-refractivity contribution in [2.24, 2.45) is 5.41 Å². The fourth-order valence-corrected chi connectivity index (χ4v) is 8.59. The first kappa shape index (κ1) is 46.0. The number of hydrogen-bond acceptors (Lipinski definition) is 9. The molecule has 0 radical (unpaired) electrons. The van der Waals surface area contributed by atoms with Gasteiger partial charge in [-0.15, -0.1) is 0 Å². The molecule has 1 heterocycles. The Hall–Kier alpha value is -4.68. The van der Waals surface area contributed by atoms with Crippen molar-refractivity contribution in [3.8, 4) is 0 Å². The number of likely N-dealkylation sites (N-methyl/N-ethyl adjacent to an activating group) is 1. The smallest absolute Gasteiger partial charge is 0.246 e. The molecule has 0 unspecified atom stereocenters. The van der Waals surface area contributed by atoms with E-state index in [0.717, 1.165) is 17.2 Å². The van der Waals surface area contributed by atoms with E-state index in [0.29, 0.717) is 38.8 Å². The second kappa shape index (κ2) is 20.8. The molecule has 4 rings (SSSR count). The molecule has 0 spiro atoms. The maximum absolute atomic E-state index is 14.1. The highest BCUT2D eigenvalue weighted by atomic mass is 32.2. The summed E-state index contributed by atoms with van der Waals surface area (Å²) in [6, 6.07) is 21.9. The van der Waals surface area contributed by atoms with Crippen LogP contribution >= 0.6 is 0 Å². The summed E-state index contributed by atoms with van der Waals surface area (Å²) in [5.41, 5.74) is 1.36. The molecule has 58 heavy (non-hydrogen) atoms. The van der Waals surface area contributed by atoms with Gasteiger partial charge < -0.3 is 25.8 Å². The van der Waals surface area contributed by atoms with Crippen molar-refractivity contribution >= 4 is 43.7 Å². The predicted octanol–water partition coefficient (Wildman–Crippen LogP) is 1.80. The first-order valence-corrected chi connectivity index (χ1v) is 22.4. The van der Waals surface area contributed by atoms with Gasteiger partial charge in [0.25, 0.3) is 0 Å². The van der Waals surface area contributed by atoms with Gasteiger partial charge in [-0.05, 0) is 74.4 Å². The Morgan fingerprint density at radius 2 is 1.38 bits per heavy atom. The number of carbonyl (C=O) groups excluding carboxylic acids is 4. The Labute approximate surface area is 342 Å². The van der Waals surface area contributed by atoms with Gasteiger partial charge in [-0.3, -0.25) is 19.2 Å². The number of carbonyl (C=O) groups is 4. The number of nitrogens with zero attached hydrogens (tertiary/aromatic N) is 2. The number of nitrogens with one attached hydrogen (secondary N) is 5. The molecule has 3 aromatic rings. The van der Waals surface area contributed by atoms with E-state index < -0.39 is 62.4 Å². The third-order valence-corrected chi connectivity index (χ3v) is 12.8. The number of benzene rings is 3. The van der Waals surface area contributed by atoms with Crippen LogP contribution in [0.4, 0.5) is 0 Å². The van der Waals surface area contributed by atoms with E-state index in [1.165, 1.54) is 23.1 Å². The molecular weight excluding hydrogens is 783 g/mol. The molecular formula is C41H57N7O8S2.